The van der Waals surface area contributed by atoms with Crippen LogP contribution >= 0.6 is 0 Å². The average Bonchev–Trinajstić information content (AvgIpc) is 2.10. The van der Waals surface area contributed by atoms with Gasteiger partial charge in [0, 0.05) is 0 Å². The van der Waals surface area contributed by atoms with Gasteiger partial charge in [-0.2, -0.15) is 8.42 Å². The van der Waals surface area contributed by atoms with Gasteiger partial charge in [-0.15, -0.1) is 0 Å². The zero-order valence-corrected chi connectivity index (χ0v) is 11.9. The molecular formula is C10H22NO5S+. The third-order valence-corrected chi connectivity index (χ3v) is 3.52. The van der Waals surface area contributed by atoms with Gasteiger partial charge in [-0.05, 0) is 20.3 Å². The van der Waals surface area contributed by atoms with Gasteiger partial charge in [0.05, 0.1) is 19.5 Å². The zero-order chi connectivity index (χ0) is 13.9. The molecule has 0 atom stereocenters. The summed E-state index contributed by atoms with van der Waals surface area (Å²) in [6, 6.07) is 0. The van der Waals surface area contributed by atoms with E-state index in [-0.39, 0.29) is 17.2 Å². The Labute approximate surface area is 103 Å². The van der Waals surface area contributed by atoms with Crippen LogP contribution < -0.4 is 0 Å². The van der Waals surface area contributed by atoms with E-state index in [0.717, 1.165) is 0 Å². The predicted octanol–water partition coefficient (Wildman–Crippen LogP) is 0.845. The summed E-state index contributed by atoms with van der Waals surface area (Å²) < 4.78 is 35.2. The van der Waals surface area contributed by atoms with Gasteiger partial charge in [0.2, 0.25) is 12.6 Å². The van der Waals surface area contributed by atoms with Gasteiger partial charge in [0.1, 0.15) is 0 Å². The van der Waals surface area contributed by atoms with Crippen molar-refractivity contribution in [2.75, 3.05) is 26.7 Å². The lowest BCUT2D eigenvalue weighted by molar-refractivity contribution is -0.896. The molecule has 17 heavy (non-hydrogen) atoms. The molecule has 102 valence electrons. The van der Waals surface area contributed by atoms with E-state index < -0.39 is 21.4 Å². The number of esters is 1. The van der Waals surface area contributed by atoms with Crippen LogP contribution in [0.5, 0.6) is 0 Å². The Kier molecular flexibility index (Phi) is 5.12. The maximum absolute atomic E-state index is 11.7. The van der Waals surface area contributed by atoms with Crippen molar-refractivity contribution in [1.82, 2.24) is 0 Å². The van der Waals surface area contributed by atoms with Crippen LogP contribution in [0, 0.1) is 5.41 Å². The molecule has 0 heterocycles. The Bertz CT molecular complexity index is 372. The second-order valence-electron chi connectivity index (χ2n) is 5.45. The van der Waals surface area contributed by atoms with E-state index in [2.05, 4.69) is 0 Å². The van der Waals surface area contributed by atoms with Crippen LogP contribution in [0.1, 0.15) is 27.2 Å². The maximum atomic E-state index is 11.7. The van der Waals surface area contributed by atoms with Crippen molar-refractivity contribution < 1.29 is 27.0 Å². The molecule has 0 saturated carbocycles. The van der Waals surface area contributed by atoms with Crippen LogP contribution in [0.25, 0.3) is 0 Å². The summed E-state index contributed by atoms with van der Waals surface area (Å²) in [5, 5.41) is 0. The number of hydrogen-bond acceptors (Lipinski definition) is 4. The number of carbonyl (C=O) groups is 1. The first-order chi connectivity index (χ1) is 7.40. The first kappa shape index (κ1) is 16.3. The van der Waals surface area contributed by atoms with Crippen LogP contribution in [0.3, 0.4) is 0 Å². The molecule has 7 heteroatoms. The highest BCUT2D eigenvalue weighted by molar-refractivity contribution is 7.85. The van der Waals surface area contributed by atoms with Crippen LogP contribution in [-0.4, -0.2) is 50.1 Å². The van der Waals surface area contributed by atoms with Crippen molar-refractivity contribution in [2.24, 2.45) is 5.41 Å². The molecule has 1 N–H and O–H groups in total. The average molecular weight is 271 g/mol. The minimum atomic E-state index is -4.09. The standard InChI is InChI=1S/C10H21NO5S/c1-6-10(2,3)9(12)16-7-11(4,5)8-17(13,14)15/h6-8H2,1-5H3/p+1/i4+1,5+1,11+1. The second kappa shape index (κ2) is 5.32. The van der Waals surface area contributed by atoms with Gasteiger partial charge in [0.15, 0.2) is 0 Å². The Morgan fingerprint density at radius 2 is 1.82 bits per heavy atom. The number of nitrogens with zero attached hydrogens (tertiary/aromatic N) is 1. The summed E-state index contributed by atoms with van der Waals surface area (Å²) in [6.45, 7) is 5.30. The molecular weight excluding hydrogens is 249 g/mol. The topological polar surface area (TPSA) is 80.7 Å². The molecule has 0 bridgehead atoms. The fourth-order valence-corrected chi connectivity index (χ4v) is 2.01. The highest BCUT2D eigenvalue weighted by atomic mass is 32.2. The lowest BCUT2D eigenvalue weighted by Gasteiger charge is -2.29. The summed E-state index contributed by atoms with van der Waals surface area (Å²) in [6.07, 6.45) is 0.636. The summed E-state index contributed by atoms with van der Waals surface area (Å²) in [5.41, 5.74) is -0.585. The predicted molar refractivity (Wildman–Crippen MR) is 63.6 cm³/mol. The van der Waals surface area contributed by atoms with E-state index >= 15 is 0 Å². The van der Waals surface area contributed by atoms with E-state index in [4.69, 9.17) is 9.29 Å². The van der Waals surface area contributed by atoms with E-state index in [1.807, 2.05) is 6.92 Å². The van der Waals surface area contributed by atoms with E-state index in [9.17, 15) is 13.2 Å². The molecule has 0 aliphatic rings. The van der Waals surface area contributed by atoms with Crippen molar-refractivity contribution >= 4 is 16.1 Å². The van der Waals surface area contributed by atoms with Gasteiger partial charge in [0.25, 0.3) is 0 Å². The molecule has 0 aliphatic heterocycles. The summed E-state index contributed by atoms with van der Waals surface area (Å²) in [5.74, 6) is -0.867. The minimum absolute atomic E-state index is 0.0952. The highest BCUT2D eigenvalue weighted by Crippen LogP contribution is 2.21. The smallest absolute Gasteiger partial charge is 0.316 e. The first-order valence-electron chi connectivity index (χ1n) is 5.34. The van der Waals surface area contributed by atoms with Crippen molar-refractivity contribution in [2.45, 2.75) is 27.2 Å². The Morgan fingerprint density at radius 3 is 2.18 bits per heavy atom. The zero-order valence-electron chi connectivity index (χ0n) is 11.1. The second-order valence-corrected chi connectivity index (χ2v) is 6.87. The largest absolute Gasteiger partial charge is 0.415 e. The van der Waals surface area contributed by atoms with Gasteiger partial charge in [-0.1, -0.05) is 6.92 Å². The van der Waals surface area contributed by atoms with Crippen LogP contribution in [0.4, 0.5) is 0 Å². The van der Waals surface area contributed by atoms with E-state index in [1.165, 1.54) is 0 Å². The Balaban J connectivity index is 4.43. The molecule has 0 aromatic carbocycles. The monoisotopic (exact) mass is 271 g/mol. The lowest BCUT2D eigenvalue weighted by Crippen LogP contribution is -2.46. The fourth-order valence-electron chi connectivity index (χ4n) is 1.05. The normalized spacial score (nSPS) is 13.5. The summed E-state index contributed by atoms with van der Waals surface area (Å²) >= 11 is 0. The highest BCUT2D eigenvalue weighted by Gasteiger charge is 2.30. The maximum Gasteiger partial charge on any atom is 0.316 e. The van der Waals surface area contributed by atoms with Crippen LogP contribution in [0.15, 0.2) is 0 Å². The molecule has 0 amide bonds. The number of quaternary nitrogens is 1. The molecule has 0 saturated heterocycles. The molecule has 0 rings (SSSR count). The molecule has 0 aromatic rings. The first-order valence-corrected chi connectivity index (χ1v) is 6.95. The fraction of sp³-hybridized carbons (Fsp3) is 0.900. The molecule has 0 radical (unpaired) electrons. The van der Waals surface area contributed by atoms with E-state index in [1.54, 1.807) is 27.9 Å². The van der Waals surface area contributed by atoms with Crippen molar-refractivity contribution in [3.05, 3.63) is 0 Å². The summed E-state index contributed by atoms with van der Waals surface area (Å²) in [4.78, 5) is 11.7. The van der Waals surface area contributed by atoms with Crippen molar-refractivity contribution in [3.63, 3.8) is 0 Å². The number of ether oxygens (including phenoxy) is 1. The van der Waals surface area contributed by atoms with Gasteiger partial charge < -0.3 is 4.74 Å². The third kappa shape index (κ3) is 6.60. The minimum Gasteiger partial charge on any atom is -0.415 e. The van der Waals surface area contributed by atoms with E-state index in [0.29, 0.717) is 6.42 Å². The quantitative estimate of drug-likeness (QED) is 0.193. The number of rotatable bonds is 6. The Hall–Kier alpha value is -0.660. The molecule has 0 unspecified atom stereocenters. The van der Waals surface area contributed by atoms with Gasteiger partial charge in [-0.3, -0.25) is 13.8 Å². The SMILES string of the molecule is CCC(C)(C)C(=O)OC[15N+]([13CH3])([13CH3])CS(=O)(=O)O. The van der Waals surface area contributed by atoms with Crippen molar-refractivity contribution in [3.8, 4) is 0 Å². The molecule has 0 fully saturated rings. The summed E-state index contributed by atoms with van der Waals surface area (Å²) in [7, 11) is -0.979. The van der Waals surface area contributed by atoms with Gasteiger partial charge in [-0.25, -0.2) is 0 Å². The molecule has 6 nitrogen and oxygen atoms in total. The van der Waals surface area contributed by atoms with Crippen LogP contribution in [0.2, 0.25) is 0 Å². The van der Waals surface area contributed by atoms with Crippen LogP contribution in [-0.2, 0) is 19.6 Å². The van der Waals surface area contributed by atoms with Crippen molar-refractivity contribution in [1.29, 1.82) is 0 Å². The molecule has 0 aromatic heterocycles. The number of hydrogen-bond donors (Lipinski definition) is 1. The Morgan fingerprint density at radius 1 is 1.35 bits per heavy atom. The number of carbonyl (C=O) groups excluding carboxylic acids is 1. The third-order valence-electron chi connectivity index (χ3n) is 2.49. The molecule has 0 spiro atoms. The molecule has 0 aliphatic carbocycles. The lowest BCUT2D eigenvalue weighted by atomic mass is 9.91. The van der Waals surface area contributed by atoms with Gasteiger partial charge >= 0.3 is 16.1 Å².